The molecule has 0 saturated heterocycles. The number of nitrogens with two attached hydrogens (primary N) is 1. The zero-order valence-corrected chi connectivity index (χ0v) is 17.2. The first-order chi connectivity index (χ1) is 14.0. The van der Waals surface area contributed by atoms with Gasteiger partial charge in [-0.3, -0.25) is 0 Å². The van der Waals surface area contributed by atoms with Crippen molar-refractivity contribution in [1.82, 2.24) is 0 Å². The molecular formula is C27H28N2. The maximum absolute atomic E-state index is 6.14. The van der Waals surface area contributed by atoms with Gasteiger partial charge in [-0.1, -0.05) is 73.6 Å². The van der Waals surface area contributed by atoms with Crippen molar-refractivity contribution in [2.45, 2.75) is 26.7 Å². The summed E-state index contributed by atoms with van der Waals surface area (Å²) < 4.78 is 0. The highest BCUT2D eigenvalue weighted by molar-refractivity contribution is 5.78. The lowest BCUT2D eigenvalue weighted by Gasteiger charge is -2.27. The number of benzene rings is 2. The van der Waals surface area contributed by atoms with E-state index in [4.69, 9.17) is 5.73 Å². The Bertz CT molecular complexity index is 1050. The Balaban J connectivity index is 1.40. The zero-order chi connectivity index (χ0) is 20.0. The minimum absolute atomic E-state index is 0.0858. The standard InChI is InChI=1S/C27H28N2/c1-27(2)25-16-19(10-14-23(25)24-15-11-20(28)17-26(24)27)18-8-12-22(13-9-18)29-21-6-4-3-5-7-21/h3-13,16-17,23-24,29H,14-15,28H2,1-2H3. The molecule has 2 atom stereocenters. The molecule has 0 bridgehead atoms. The van der Waals surface area contributed by atoms with Crippen molar-refractivity contribution >= 4 is 16.9 Å². The molecule has 29 heavy (non-hydrogen) atoms. The fourth-order valence-corrected chi connectivity index (χ4v) is 5.30. The van der Waals surface area contributed by atoms with Gasteiger partial charge in [0.05, 0.1) is 0 Å². The number of allylic oxidation sites excluding steroid dienone is 7. The van der Waals surface area contributed by atoms with Crippen molar-refractivity contribution in [3.05, 3.63) is 101 Å². The van der Waals surface area contributed by atoms with Crippen molar-refractivity contribution in [3.8, 4) is 0 Å². The molecule has 2 aromatic carbocycles. The molecule has 146 valence electrons. The molecular weight excluding hydrogens is 352 g/mol. The van der Waals surface area contributed by atoms with Crippen LogP contribution in [0.4, 0.5) is 11.4 Å². The van der Waals surface area contributed by atoms with E-state index in [9.17, 15) is 0 Å². The Labute approximate surface area is 173 Å². The Morgan fingerprint density at radius 3 is 2.14 bits per heavy atom. The number of para-hydroxylation sites is 1. The summed E-state index contributed by atoms with van der Waals surface area (Å²) in [7, 11) is 0. The predicted molar refractivity (Wildman–Crippen MR) is 123 cm³/mol. The SMILES string of the molecule is CC1(C)C2=CC(N)=CCC2C2CC=C(c3ccc(Nc4ccccc4)cc3)C=C21. The van der Waals surface area contributed by atoms with Gasteiger partial charge in [0.2, 0.25) is 0 Å². The van der Waals surface area contributed by atoms with E-state index in [0.29, 0.717) is 11.8 Å². The van der Waals surface area contributed by atoms with Crippen LogP contribution in [0.5, 0.6) is 0 Å². The average molecular weight is 381 g/mol. The first kappa shape index (κ1) is 18.1. The van der Waals surface area contributed by atoms with E-state index in [0.717, 1.165) is 29.9 Å². The third-order valence-electron chi connectivity index (χ3n) is 6.84. The lowest BCUT2D eigenvalue weighted by Crippen LogP contribution is -2.16. The molecule has 0 aromatic heterocycles. The molecule has 0 amide bonds. The topological polar surface area (TPSA) is 38.0 Å². The van der Waals surface area contributed by atoms with E-state index in [1.165, 1.54) is 16.7 Å². The van der Waals surface area contributed by atoms with Gasteiger partial charge in [0.25, 0.3) is 0 Å². The van der Waals surface area contributed by atoms with Crippen molar-refractivity contribution < 1.29 is 0 Å². The highest BCUT2D eigenvalue weighted by Crippen LogP contribution is 2.59. The van der Waals surface area contributed by atoms with E-state index < -0.39 is 0 Å². The zero-order valence-electron chi connectivity index (χ0n) is 17.2. The van der Waals surface area contributed by atoms with Crippen LogP contribution in [0.25, 0.3) is 5.57 Å². The number of nitrogens with one attached hydrogen (secondary N) is 1. The molecule has 1 saturated carbocycles. The monoisotopic (exact) mass is 380 g/mol. The van der Waals surface area contributed by atoms with Gasteiger partial charge in [0.1, 0.15) is 0 Å². The average Bonchev–Trinajstić information content (AvgIpc) is 2.96. The van der Waals surface area contributed by atoms with E-state index >= 15 is 0 Å². The van der Waals surface area contributed by atoms with Gasteiger partial charge in [-0.25, -0.2) is 0 Å². The maximum atomic E-state index is 6.14. The molecule has 0 radical (unpaired) electrons. The summed E-state index contributed by atoms with van der Waals surface area (Å²) in [6.45, 7) is 4.73. The second-order valence-electron chi connectivity index (χ2n) is 8.94. The number of fused-ring (bicyclic) bond motifs is 3. The first-order valence-electron chi connectivity index (χ1n) is 10.5. The minimum Gasteiger partial charge on any atom is -0.399 e. The number of hydrogen-bond acceptors (Lipinski definition) is 2. The number of anilines is 2. The molecule has 3 N–H and O–H groups in total. The summed E-state index contributed by atoms with van der Waals surface area (Å²) in [5.74, 6) is 1.22. The normalized spacial score (nSPS) is 24.5. The molecule has 3 aliphatic carbocycles. The van der Waals surface area contributed by atoms with Crippen LogP contribution in [0.1, 0.15) is 32.3 Å². The molecule has 0 heterocycles. The van der Waals surface area contributed by atoms with E-state index in [1.807, 2.05) is 18.2 Å². The van der Waals surface area contributed by atoms with Crippen molar-refractivity contribution in [2.75, 3.05) is 5.32 Å². The van der Waals surface area contributed by atoms with Crippen molar-refractivity contribution in [3.63, 3.8) is 0 Å². The second kappa shape index (κ2) is 6.81. The molecule has 0 aliphatic heterocycles. The highest BCUT2D eigenvalue weighted by atomic mass is 14.9. The van der Waals surface area contributed by atoms with Crippen LogP contribution in [0, 0.1) is 17.3 Å². The van der Waals surface area contributed by atoms with Crippen molar-refractivity contribution in [2.24, 2.45) is 23.0 Å². The molecule has 0 spiro atoms. The van der Waals surface area contributed by atoms with E-state index in [2.05, 4.69) is 79.9 Å². The lowest BCUT2D eigenvalue weighted by atomic mass is 9.77. The summed E-state index contributed by atoms with van der Waals surface area (Å²) in [6, 6.07) is 19.1. The third kappa shape index (κ3) is 3.13. The van der Waals surface area contributed by atoms with Gasteiger partial charge in [0.15, 0.2) is 0 Å². The number of hydrogen-bond donors (Lipinski definition) is 2. The summed E-state index contributed by atoms with van der Waals surface area (Å²) >= 11 is 0. The van der Waals surface area contributed by atoms with Crippen LogP contribution in [0.15, 0.2) is 95.7 Å². The lowest BCUT2D eigenvalue weighted by molar-refractivity contribution is 0.477. The molecule has 2 aromatic rings. The summed E-state index contributed by atoms with van der Waals surface area (Å²) in [5, 5.41) is 3.46. The Morgan fingerprint density at radius 1 is 0.793 bits per heavy atom. The van der Waals surface area contributed by atoms with Crippen LogP contribution in [-0.4, -0.2) is 0 Å². The van der Waals surface area contributed by atoms with Crippen LogP contribution in [0.3, 0.4) is 0 Å². The second-order valence-corrected chi connectivity index (χ2v) is 8.94. The molecule has 2 nitrogen and oxygen atoms in total. The van der Waals surface area contributed by atoms with Crippen LogP contribution in [-0.2, 0) is 0 Å². The van der Waals surface area contributed by atoms with Crippen LogP contribution >= 0.6 is 0 Å². The molecule has 1 fully saturated rings. The quantitative estimate of drug-likeness (QED) is 0.630. The van der Waals surface area contributed by atoms with Gasteiger partial charge >= 0.3 is 0 Å². The fraction of sp³-hybridized carbons (Fsp3) is 0.259. The Kier molecular flexibility index (Phi) is 4.24. The minimum atomic E-state index is 0.0858. The van der Waals surface area contributed by atoms with Crippen molar-refractivity contribution in [1.29, 1.82) is 0 Å². The summed E-state index contributed by atoms with van der Waals surface area (Å²) in [6.07, 6.45) is 11.5. The van der Waals surface area contributed by atoms with Gasteiger partial charge in [-0.15, -0.1) is 0 Å². The van der Waals surface area contributed by atoms with Gasteiger partial charge < -0.3 is 11.1 Å². The summed E-state index contributed by atoms with van der Waals surface area (Å²) in [5.41, 5.74) is 15.1. The largest absolute Gasteiger partial charge is 0.399 e. The van der Waals surface area contributed by atoms with E-state index in [-0.39, 0.29) is 5.41 Å². The molecule has 3 aliphatic rings. The Hall–Kier alpha value is -3.00. The van der Waals surface area contributed by atoms with E-state index in [1.54, 1.807) is 5.57 Å². The van der Waals surface area contributed by atoms with Crippen LogP contribution in [0.2, 0.25) is 0 Å². The Morgan fingerprint density at radius 2 is 1.41 bits per heavy atom. The molecule has 5 rings (SSSR count). The predicted octanol–water partition coefficient (Wildman–Crippen LogP) is 6.59. The van der Waals surface area contributed by atoms with Gasteiger partial charge in [-0.05, 0) is 66.2 Å². The summed E-state index contributed by atoms with van der Waals surface area (Å²) in [4.78, 5) is 0. The molecule has 2 heteroatoms. The number of rotatable bonds is 3. The first-order valence-corrected chi connectivity index (χ1v) is 10.5. The smallest absolute Gasteiger partial charge is 0.0384 e. The third-order valence-corrected chi connectivity index (χ3v) is 6.84. The fourth-order valence-electron chi connectivity index (χ4n) is 5.30. The van der Waals surface area contributed by atoms with Gasteiger partial charge in [-0.2, -0.15) is 0 Å². The van der Waals surface area contributed by atoms with Gasteiger partial charge in [0, 0.05) is 22.5 Å². The highest BCUT2D eigenvalue weighted by Gasteiger charge is 2.48. The van der Waals surface area contributed by atoms with Crippen LogP contribution < -0.4 is 11.1 Å². The molecule has 2 unspecified atom stereocenters. The maximum Gasteiger partial charge on any atom is 0.0384 e.